The monoisotopic (exact) mass is 657 g/mol. The average Bonchev–Trinajstić information content (AvgIpc) is 3.44. The van der Waals surface area contributed by atoms with Crippen molar-refractivity contribution in [2.45, 2.75) is 77.5 Å². The maximum absolute atomic E-state index is 14.7. The van der Waals surface area contributed by atoms with Crippen LogP contribution in [-0.2, 0) is 29.1 Å². The Morgan fingerprint density at radius 1 is 1.13 bits per heavy atom. The highest BCUT2D eigenvalue weighted by atomic mass is 35.5. The number of fused-ring (bicyclic) bond motifs is 1. The number of halogens is 2. The van der Waals surface area contributed by atoms with E-state index in [4.69, 9.17) is 25.8 Å². The molecule has 1 aliphatic rings. The number of ether oxygens (including phenoxy) is 3. The molecule has 0 saturated carbocycles. The molecule has 1 aliphatic carbocycles. The van der Waals surface area contributed by atoms with Crippen LogP contribution in [0.4, 0.5) is 4.39 Å². The maximum Gasteiger partial charge on any atom is 0.326 e. The smallest absolute Gasteiger partial charge is 0.326 e. The van der Waals surface area contributed by atoms with E-state index in [0.717, 1.165) is 16.7 Å². The number of nitriles is 1. The second-order valence-corrected chi connectivity index (χ2v) is 12.9. The first kappa shape index (κ1) is 33.9. The van der Waals surface area contributed by atoms with Crippen molar-refractivity contribution in [2.24, 2.45) is 0 Å². The van der Waals surface area contributed by atoms with Crippen LogP contribution in [0.2, 0.25) is 5.02 Å². The molecule has 10 heteroatoms. The van der Waals surface area contributed by atoms with Gasteiger partial charge in [0.25, 0.3) is 0 Å². The van der Waals surface area contributed by atoms with Crippen molar-refractivity contribution in [1.82, 2.24) is 10.3 Å². The fraction of sp³-hybridized carbons (Fsp3) is 0.324. The highest BCUT2D eigenvalue weighted by Gasteiger charge is 2.30. The Morgan fingerprint density at radius 3 is 2.62 bits per heavy atom. The number of esters is 1. The van der Waals surface area contributed by atoms with E-state index in [9.17, 15) is 19.6 Å². The Bertz CT molecular complexity index is 1800. The first-order valence-electron chi connectivity index (χ1n) is 15.4. The molecule has 0 bridgehead atoms. The molecule has 0 fully saturated rings. The quantitative estimate of drug-likeness (QED) is 0.162. The maximum atomic E-state index is 14.7. The van der Waals surface area contributed by atoms with Gasteiger partial charge in [0.15, 0.2) is 0 Å². The molecule has 0 saturated heterocycles. The van der Waals surface area contributed by atoms with Crippen molar-refractivity contribution in [1.29, 1.82) is 5.26 Å². The van der Waals surface area contributed by atoms with Crippen LogP contribution < -0.4 is 14.8 Å². The minimum atomic E-state index is -1.04. The first-order valence-corrected chi connectivity index (χ1v) is 15.8. The van der Waals surface area contributed by atoms with Crippen molar-refractivity contribution in [3.8, 4) is 28.7 Å². The Morgan fingerprint density at radius 2 is 1.89 bits per heavy atom. The third-order valence-corrected chi connectivity index (χ3v) is 8.03. The van der Waals surface area contributed by atoms with Gasteiger partial charge in [0.2, 0.25) is 0 Å². The van der Waals surface area contributed by atoms with Crippen molar-refractivity contribution < 1.29 is 28.5 Å². The molecule has 0 spiro atoms. The predicted molar refractivity (Wildman–Crippen MR) is 176 cm³/mol. The minimum Gasteiger partial charge on any atom is -0.488 e. The van der Waals surface area contributed by atoms with Gasteiger partial charge in [-0.15, -0.1) is 0 Å². The summed E-state index contributed by atoms with van der Waals surface area (Å²) >= 11 is 6.79. The van der Waals surface area contributed by atoms with Gasteiger partial charge in [-0.3, -0.25) is 15.1 Å². The van der Waals surface area contributed by atoms with Gasteiger partial charge < -0.3 is 19.3 Å². The SMILES string of the molecule is C[C@@H](O)[C@H](NCc1cc(Cl)c(O[C@H]2CCc3c(-c4ccccc4F)cccc32)cc1OCc1cncc(C#N)c1)C(=O)OC(C)(C)C. The number of nitrogens with zero attached hydrogens (tertiary/aromatic N) is 2. The molecule has 244 valence electrons. The summed E-state index contributed by atoms with van der Waals surface area (Å²) < 4.78 is 32.9. The zero-order valence-corrected chi connectivity index (χ0v) is 27.5. The normalized spacial score (nSPS) is 15.3. The number of pyridine rings is 1. The zero-order valence-electron chi connectivity index (χ0n) is 26.7. The number of aliphatic hydroxyl groups is 1. The number of hydrogen-bond acceptors (Lipinski definition) is 8. The topological polar surface area (TPSA) is 114 Å². The van der Waals surface area contributed by atoms with Crippen LogP contribution in [-0.4, -0.2) is 33.8 Å². The summed E-state index contributed by atoms with van der Waals surface area (Å²) in [5.74, 6) is -0.0526. The van der Waals surface area contributed by atoms with Crippen LogP contribution >= 0.6 is 11.6 Å². The molecule has 0 aliphatic heterocycles. The number of nitrogens with one attached hydrogen (secondary N) is 1. The second kappa shape index (κ2) is 14.5. The molecule has 4 aromatic rings. The molecule has 1 heterocycles. The molecule has 0 unspecified atom stereocenters. The van der Waals surface area contributed by atoms with Gasteiger partial charge in [0, 0.05) is 41.7 Å². The summed E-state index contributed by atoms with van der Waals surface area (Å²) in [6.45, 7) is 6.99. The van der Waals surface area contributed by atoms with Gasteiger partial charge in [-0.1, -0.05) is 48.0 Å². The highest BCUT2D eigenvalue weighted by Crippen LogP contribution is 2.43. The molecule has 2 N–H and O–H groups in total. The van der Waals surface area contributed by atoms with E-state index < -0.39 is 23.7 Å². The third kappa shape index (κ3) is 8.27. The Kier molecular flexibility index (Phi) is 10.5. The number of rotatable bonds is 11. The molecule has 0 amide bonds. The zero-order chi connectivity index (χ0) is 33.7. The third-order valence-electron chi connectivity index (χ3n) is 7.74. The van der Waals surface area contributed by atoms with E-state index in [0.29, 0.717) is 51.6 Å². The number of carbonyl (C=O) groups excluding carboxylic acids is 1. The number of aromatic nitrogens is 1. The van der Waals surface area contributed by atoms with E-state index in [2.05, 4.69) is 16.4 Å². The average molecular weight is 658 g/mol. The molecule has 3 atom stereocenters. The molecule has 3 aromatic carbocycles. The lowest BCUT2D eigenvalue weighted by Crippen LogP contribution is -2.47. The minimum absolute atomic E-state index is 0.0980. The molecular formula is C37H37ClFN3O5. The van der Waals surface area contributed by atoms with Gasteiger partial charge in [0.05, 0.1) is 16.7 Å². The number of benzene rings is 3. The number of hydrogen-bond donors (Lipinski definition) is 2. The Labute approximate surface area is 279 Å². The lowest BCUT2D eigenvalue weighted by Gasteiger charge is -2.26. The summed E-state index contributed by atoms with van der Waals surface area (Å²) in [5, 5.41) is 23.1. The van der Waals surface area contributed by atoms with Gasteiger partial charge in [-0.25, -0.2) is 4.39 Å². The molecule has 8 nitrogen and oxygen atoms in total. The molecule has 47 heavy (non-hydrogen) atoms. The molecule has 0 radical (unpaired) electrons. The summed E-state index contributed by atoms with van der Waals surface area (Å²) in [6.07, 6.45) is 3.10. The summed E-state index contributed by atoms with van der Waals surface area (Å²) in [7, 11) is 0. The lowest BCUT2D eigenvalue weighted by molar-refractivity contribution is -0.160. The van der Waals surface area contributed by atoms with E-state index in [1.54, 1.807) is 57.3 Å². The Balaban J connectivity index is 1.43. The summed E-state index contributed by atoms with van der Waals surface area (Å²) in [4.78, 5) is 17.0. The fourth-order valence-electron chi connectivity index (χ4n) is 5.59. The van der Waals surface area contributed by atoms with Gasteiger partial charge in [-0.05, 0) is 75.4 Å². The van der Waals surface area contributed by atoms with Crippen LogP contribution in [0.15, 0.2) is 73.1 Å². The van der Waals surface area contributed by atoms with E-state index in [1.807, 2.05) is 24.3 Å². The van der Waals surface area contributed by atoms with Gasteiger partial charge in [0.1, 0.15) is 47.7 Å². The van der Waals surface area contributed by atoms with Crippen LogP contribution in [0.1, 0.15) is 68.0 Å². The van der Waals surface area contributed by atoms with Gasteiger partial charge >= 0.3 is 5.97 Å². The van der Waals surface area contributed by atoms with E-state index >= 15 is 0 Å². The number of aliphatic hydroxyl groups excluding tert-OH is 1. The van der Waals surface area contributed by atoms with E-state index in [1.165, 1.54) is 19.2 Å². The highest BCUT2D eigenvalue weighted by molar-refractivity contribution is 6.32. The number of carbonyl (C=O) groups is 1. The molecule has 5 rings (SSSR count). The molecule has 1 aromatic heterocycles. The fourth-order valence-corrected chi connectivity index (χ4v) is 5.82. The standard InChI is InChI=1S/C37H37ClFN3O5/c1-22(43)35(36(44)47-37(2,3)4)42-20-25-15-30(38)34(16-33(25)45-21-24-14-23(17-40)18-41-19-24)46-32-13-12-27-26(9-7-10-29(27)32)28-8-5-6-11-31(28)39/h5-11,14-16,18-19,22,32,35,42-43H,12-13,20-21H2,1-4H3/t22-,32+,35+/m1/s1. The van der Waals surface area contributed by atoms with Crippen molar-refractivity contribution in [2.75, 3.05) is 0 Å². The largest absolute Gasteiger partial charge is 0.488 e. The Hall–Kier alpha value is -4.49. The van der Waals surface area contributed by atoms with Crippen molar-refractivity contribution >= 4 is 17.6 Å². The second-order valence-electron chi connectivity index (χ2n) is 12.5. The lowest BCUT2D eigenvalue weighted by atomic mass is 9.96. The summed E-state index contributed by atoms with van der Waals surface area (Å²) in [5.41, 5.74) is 4.35. The predicted octanol–water partition coefficient (Wildman–Crippen LogP) is 7.24. The van der Waals surface area contributed by atoms with Crippen LogP contribution in [0.5, 0.6) is 11.5 Å². The van der Waals surface area contributed by atoms with Crippen LogP contribution in [0.3, 0.4) is 0 Å². The van der Waals surface area contributed by atoms with Crippen LogP contribution in [0.25, 0.3) is 11.1 Å². The van der Waals surface area contributed by atoms with Gasteiger partial charge in [-0.2, -0.15) is 5.26 Å². The first-order chi connectivity index (χ1) is 22.4. The van der Waals surface area contributed by atoms with Crippen molar-refractivity contribution in [3.05, 3.63) is 112 Å². The molecular weight excluding hydrogens is 621 g/mol. The van der Waals surface area contributed by atoms with Crippen LogP contribution in [0, 0.1) is 17.1 Å². The van der Waals surface area contributed by atoms with E-state index in [-0.39, 0.29) is 25.1 Å². The summed E-state index contributed by atoms with van der Waals surface area (Å²) in [6, 6.07) is 18.7. The van der Waals surface area contributed by atoms with Crippen molar-refractivity contribution in [3.63, 3.8) is 0 Å².